The highest BCUT2D eigenvalue weighted by atomic mass is 32.2. The van der Waals surface area contributed by atoms with Gasteiger partial charge in [0.1, 0.15) is 5.78 Å². The van der Waals surface area contributed by atoms with Gasteiger partial charge in [0.25, 0.3) is 5.69 Å². The second kappa shape index (κ2) is 5.45. The number of benzene rings is 1. The van der Waals surface area contributed by atoms with Crippen LogP contribution in [0.15, 0.2) is 23.1 Å². The molecule has 104 valence electrons. The minimum Gasteiger partial charge on any atom is -0.298 e. The molecule has 0 aliphatic carbocycles. The number of hydrogen-bond donors (Lipinski definition) is 1. The molecule has 0 aliphatic rings. The second-order valence-electron chi connectivity index (χ2n) is 4.11. The summed E-state index contributed by atoms with van der Waals surface area (Å²) in [5.41, 5.74) is -0.242. The van der Waals surface area contributed by atoms with E-state index in [1.807, 2.05) is 0 Å². The highest BCUT2D eigenvalue weighted by Gasteiger charge is 2.25. The van der Waals surface area contributed by atoms with E-state index in [4.69, 9.17) is 0 Å². The Morgan fingerprint density at radius 2 is 2.00 bits per heavy atom. The summed E-state index contributed by atoms with van der Waals surface area (Å²) in [4.78, 5) is 21.0. The van der Waals surface area contributed by atoms with E-state index >= 15 is 0 Å². The lowest BCUT2D eigenvalue weighted by Gasteiger charge is -2.12. The van der Waals surface area contributed by atoms with Crippen molar-refractivity contribution >= 4 is 21.5 Å². The number of nitrogens with zero attached hydrogens (tertiary/aromatic N) is 1. The Kier molecular flexibility index (Phi) is 4.38. The lowest BCUT2D eigenvalue weighted by molar-refractivity contribution is -0.385. The molecule has 8 heteroatoms. The molecule has 1 unspecified atom stereocenters. The quantitative estimate of drug-likeness (QED) is 0.645. The van der Waals surface area contributed by atoms with Crippen molar-refractivity contribution in [2.75, 3.05) is 0 Å². The molecule has 1 aromatic carbocycles. The van der Waals surface area contributed by atoms with Gasteiger partial charge in [-0.15, -0.1) is 0 Å². The zero-order valence-electron chi connectivity index (χ0n) is 10.7. The van der Waals surface area contributed by atoms with Gasteiger partial charge in [0.15, 0.2) is 0 Å². The first-order valence-electron chi connectivity index (χ1n) is 5.43. The van der Waals surface area contributed by atoms with E-state index < -0.39 is 21.0 Å². The number of ketones is 1. The molecule has 0 aromatic heterocycles. The van der Waals surface area contributed by atoms with Crippen LogP contribution in [0, 0.1) is 17.0 Å². The van der Waals surface area contributed by atoms with Crippen molar-refractivity contribution in [1.29, 1.82) is 0 Å². The highest BCUT2D eigenvalue weighted by molar-refractivity contribution is 7.89. The molecule has 7 nitrogen and oxygen atoms in total. The van der Waals surface area contributed by atoms with Crippen LogP contribution < -0.4 is 4.72 Å². The summed E-state index contributed by atoms with van der Waals surface area (Å²) in [5.74, 6) is -0.341. The van der Waals surface area contributed by atoms with Gasteiger partial charge in [-0.2, -0.15) is 0 Å². The Hall–Kier alpha value is -1.80. The average molecular weight is 286 g/mol. The molecule has 1 N–H and O–H groups in total. The van der Waals surface area contributed by atoms with Gasteiger partial charge >= 0.3 is 0 Å². The predicted molar refractivity (Wildman–Crippen MR) is 68.3 cm³/mol. The van der Waals surface area contributed by atoms with Gasteiger partial charge in [0, 0.05) is 11.6 Å². The molecular formula is C11H14N2O5S. The predicted octanol–water partition coefficient (Wildman–Crippen LogP) is 1.16. The van der Waals surface area contributed by atoms with Crippen molar-refractivity contribution in [2.45, 2.75) is 31.7 Å². The van der Waals surface area contributed by atoms with Crippen molar-refractivity contribution in [1.82, 2.24) is 4.72 Å². The van der Waals surface area contributed by atoms with Gasteiger partial charge < -0.3 is 0 Å². The maximum Gasteiger partial charge on any atom is 0.273 e. The zero-order valence-corrected chi connectivity index (χ0v) is 11.5. The van der Waals surface area contributed by atoms with Crippen LogP contribution in [0.25, 0.3) is 0 Å². The largest absolute Gasteiger partial charge is 0.298 e. The lowest BCUT2D eigenvalue weighted by Crippen LogP contribution is -2.37. The fraction of sp³-hybridized carbons (Fsp3) is 0.364. The molecule has 1 atom stereocenters. The smallest absolute Gasteiger partial charge is 0.273 e. The summed E-state index contributed by atoms with van der Waals surface area (Å²) in [7, 11) is -3.97. The molecule has 0 heterocycles. The average Bonchev–Trinajstić information content (AvgIpc) is 2.27. The monoisotopic (exact) mass is 286 g/mol. The molecule has 0 spiro atoms. The second-order valence-corrected chi connectivity index (χ2v) is 5.79. The van der Waals surface area contributed by atoms with Crippen molar-refractivity contribution in [2.24, 2.45) is 0 Å². The van der Waals surface area contributed by atoms with Gasteiger partial charge in [0.05, 0.1) is 15.9 Å². The molecule has 0 saturated carbocycles. The molecule has 1 aromatic rings. The summed E-state index contributed by atoms with van der Waals surface area (Å²) < 4.78 is 26.3. The first-order chi connectivity index (χ1) is 8.66. The SMILES string of the molecule is CC(=O)C(C)NS(=O)(=O)c1cccc([N+](=O)[O-])c1C. The van der Waals surface area contributed by atoms with Gasteiger partial charge in [0.2, 0.25) is 10.0 Å². The van der Waals surface area contributed by atoms with Crippen molar-refractivity contribution in [3.8, 4) is 0 Å². The lowest BCUT2D eigenvalue weighted by atomic mass is 10.2. The molecule has 1 rings (SSSR count). The molecular weight excluding hydrogens is 272 g/mol. The van der Waals surface area contributed by atoms with Crippen LogP contribution in [0.2, 0.25) is 0 Å². The molecule has 0 fully saturated rings. The number of Topliss-reactive ketones (excluding diaryl/α,β-unsaturated/α-hetero) is 1. The topological polar surface area (TPSA) is 106 Å². The summed E-state index contributed by atoms with van der Waals surface area (Å²) in [5, 5.41) is 10.8. The fourth-order valence-electron chi connectivity index (χ4n) is 1.47. The Bertz CT molecular complexity index is 624. The van der Waals surface area contributed by atoms with Crippen LogP contribution in [0.1, 0.15) is 19.4 Å². The summed E-state index contributed by atoms with van der Waals surface area (Å²) in [6.07, 6.45) is 0. The number of hydrogen-bond acceptors (Lipinski definition) is 5. The zero-order chi connectivity index (χ0) is 14.8. The highest BCUT2D eigenvalue weighted by Crippen LogP contribution is 2.24. The van der Waals surface area contributed by atoms with E-state index in [2.05, 4.69) is 4.72 Å². The number of sulfonamides is 1. The van der Waals surface area contributed by atoms with E-state index in [1.165, 1.54) is 39.0 Å². The van der Waals surface area contributed by atoms with Crippen LogP contribution >= 0.6 is 0 Å². The minimum atomic E-state index is -3.97. The number of nitrogens with one attached hydrogen (secondary N) is 1. The number of rotatable bonds is 5. The summed E-state index contributed by atoms with van der Waals surface area (Å²) in [6.45, 7) is 4.02. The third-order valence-electron chi connectivity index (χ3n) is 2.68. The van der Waals surface area contributed by atoms with E-state index in [9.17, 15) is 23.3 Å². The molecule has 0 saturated heterocycles. The summed E-state index contributed by atoms with van der Waals surface area (Å²) in [6, 6.07) is 2.89. The number of nitro groups is 1. The Balaban J connectivity index is 3.26. The van der Waals surface area contributed by atoms with Crippen molar-refractivity contribution in [3.63, 3.8) is 0 Å². The van der Waals surface area contributed by atoms with E-state index in [-0.39, 0.29) is 21.9 Å². The first kappa shape index (κ1) is 15.3. The number of nitro benzene ring substituents is 1. The first-order valence-corrected chi connectivity index (χ1v) is 6.92. The molecule has 0 radical (unpaired) electrons. The van der Waals surface area contributed by atoms with Crippen LogP contribution in [0.3, 0.4) is 0 Å². The number of carbonyl (C=O) groups is 1. The molecule has 19 heavy (non-hydrogen) atoms. The van der Waals surface area contributed by atoms with E-state index in [1.54, 1.807) is 0 Å². The Labute approximate surface area is 110 Å². The van der Waals surface area contributed by atoms with Crippen LogP contribution in [0.4, 0.5) is 5.69 Å². The molecule has 0 bridgehead atoms. The maximum absolute atomic E-state index is 12.1. The summed E-state index contributed by atoms with van der Waals surface area (Å²) >= 11 is 0. The minimum absolute atomic E-state index is 0.0377. The van der Waals surface area contributed by atoms with E-state index in [0.717, 1.165) is 0 Å². The Morgan fingerprint density at radius 1 is 1.42 bits per heavy atom. The third kappa shape index (κ3) is 3.36. The normalized spacial score (nSPS) is 13.0. The third-order valence-corrected chi connectivity index (χ3v) is 4.37. The van der Waals surface area contributed by atoms with Crippen LogP contribution in [0.5, 0.6) is 0 Å². The van der Waals surface area contributed by atoms with Crippen LogP contribution in [-0.2, 0) is 14.8 Å². The Morgan fingerprint density at radius 3 is 2.47 bits per heavy atom. The van der Waals surface area contributed by atoms with E-state index in [0.29, 0.717) is 0 Å². The maximum atomic E-state index is 12.1. The van der Waals surface area contributed by atoms with Gasteiger partial charge in [-0.25, -0.2) is 13.1 Å². The fourth-order valence-corrected chi connectivity index (χ4v) is 2.99. The van der Waals surface area contributed by atoms with Gasteiger partial charge in [-0.1, -0.05) is 6.07 Å². The molecule has 0 amide bonds. The van der Waals surface area contributed by atoms with Crippen LogP contribution in [-0.4, -0.2) is 25.2 Å². The number of carbonyl (C=O) groups excluding carboxylic acids is 1. The van der Waals surface area contributed by atoms with Gasteiger partial charge in [-0.05, 0) is 26.8 Å². The molecule has 0 aliphatic heterocycles. The van der Waals surface area contributed by atoms with Crippen molar-refractivity contribution in [3.05, 3.63) is 33.9 Å². The van der Waals surface area contributed by atoms with Crippen molar-refractivity contribution < 1.29 is 18.1 Å². The van der Waals surface area contributed by atoms with Gasteiger partial charge in [-0.3, -0.25) is 14.9 Å². The standard InChI is InChI=1S/C11H14N2O5S/c1-7-10(13(15)16)5-4-6-11(7)19(17,18)12-8(2)9(3)14/h4-6,8,12H,1-3H3.